The van der Waals surface area contributed by atoms with Gasteiger partial charge in [0.05, 0.1) is 24.3 Å². The van der Waals surface area contributed by atoms with Crippen LogP contribution in [0, 0.1) is 52.3 Å². The van der Waals surface area contributed by atoms with E-state index < -0.39 is 16.1 Å². The first kappa shape index (κ1) is 30.8. The van der Waals surface area contributed by atoms with Gasteiger partial charge in [0.1, 0.15) is 4.90 Å². The Bertz CT molecular complexity index is 1470. The Balaban J connectivity index is 1.12. The van der Waals surface area contributed by atoms with Crippen LogP contribution in [0.4, 0.5) is 4.79 Å². The molecule has 6 rings (SSSR count). The van der Waals surface area contributed by atoms with Crippen LogP contribution in [0.2, 0.25) is 0 Å². The monoisotopic (exact) mass is 612 g/mol. The third-order valence-corrected chi connectivity index (χ3v) is 14.0. The van der Waals surface area contributed by atoms with Crippen LogP contribution in [-0.2, 0) is 14.8 Å². The number of para-hydroxylation sites is 1. The molecule has 11 atom stereocenters. The van der Waals surface area contributed by atoms with Crippen LogP contribution in [0.5, 0.6) is 0 Å². The molecule has 0 bridgehead atoms. The molecule has 0 saturated heterocycles. The van der Waals surface area contributed by atoms with Gasteiger partial charge in [0.2, 0.25) is 0 Å². The largest absolute Gasteiger partial charge is 0.449 e. The number of pyridine rings is 1. The van der Waals surface area contributed by atoms with Gasteiger partial charge < -0.3 is 14.9 Å². The zero-order chi connectivity index (χ0) is 30.7. The minimum absolute atomic E-state index is 0.0277. The lowest BCUT2D eigenvalue weighted by Crippen LogP contribution is -2.62. The molecule has 4 fully saturated rings. The first-order chi connectivity index (χ1) is 20.4. The van der Waals surface area contributed by atoms with Crippen LogP contribution >= 0.6 is 0 Å². The standard InChI is InChI=1S/C34H48N2O6S/c1-5-24-28-17-22(37)12-14-34(28,4)27-13-15-33(3)25(10-11-26(33)30(27)31(24)38)20(2)19-42-32(39)36-43(40,41)23-16-21-8-6-7-9-29(21)35-18-23/h6-9,16,18,20,22,24-28,30-31,37-38H,5,10-15,17,19H2,1-4H3,(H,36,39)/t20-,22-,24-,25?,26?,27?,28?,30?,31-,33-,34?/m1/s1. The van der Waals surface area contributed by atoms with Gasteiger partial charge in [-0.05, 0) is 109 Å². The van der Waals surface area contributed by atoms with Gasteiger partial charge in [-0.1, -0.05) is 52.3 Å². The molecule has 2 aromatic rings. The second-order valence-corrected chi connectivity index (χ2v) is 16.3. The predicted molar refractivity (Wildman–Crippen MR) is 164 cm³/mol. The summed E-state index contributed by atoms with van der Waals surface area (Å²) in [6, 6.07) is 8.70. The van der Waals surface area contributed by atoms with E-state index >= 15 is 0 Å². The van der Waals surface area contributed by atoms with Crippen molar-refractivity contribution in [1.82, 2.24) is 9.71 Å². The van der Waals surface area contributed by atoms with Crippen LogP contribution in [0.15, 0.2) is 41.4 Å². The lowest BCUT2D eigenvalue weighted by Gasteiger charge is -2.64. The summed E-state index contributed by atoms with van der Waals surface area (Å²) in [6.45, 7) is 9.26. The number of ether oxygens (including phenoxy) is 1. The zero-order valence-corrected chi connectivity index (χ0v) is 26.7. The number of fused-ring (bicyclic) bond motifs is 6. The number of hydrogen-bond acceptors (Lipinski definition) is 7. The normalized spacial score (nSPS) is 39.8. The Labute approximate surface area is 256 Å². The molecule has 3 N–H and O–H groups in total. The summed E-state index contributed by atoms with van der Waals surface area (Å²) in [7, 11) is -4.13. The Kier molecular flexibility index (Phi) is 8.08. The second kappa shape index (κ2) is 11.3. The van der Waals surface area contributed by atoms with E-state index in [-0.39, 0.29) is 52.3 Å². The highest BCUT2D eigenvalue weighted by Gasteiger charge is 2.64. The number of aliphatic hydroxyl groups is 2. The summed E-state index contributed by atoms with van der Waals surface area (Å²) in [6.07, 6.45) is 7.53. The van der Waals surface area contributed by atoms with E-state index in [1.54, 1.807) is 18.2 Å². The van der Waals surface area contributed by atoms with E-state index in [9.17, 15) is 23.4 Å². The maximum absolute atomic E-state index is 12.9. The first-order valence-electron chi connectivity index (χ1n) is 16.3. The van der Waals surface area contributed by atoms with Crippen molar-refractivity contribution in [2.24, 2.45) is 52.3 Å². The van der Waals surface area contributed by atoms with Crippen molar-refractivity contribution >= 4 is 27.0 Å². The highest BCUT2D eigenvalue weighted by Crippen LogP contribution is 2.69. The first-order valence-corrected chi connectivity index (χ1v) is 17.8. The topological polar surface area (TPSA) is 126 Å². The van der Waals surface area contributed by atoms with Gasteiger partial charge in [-0.2, -0.15) is 0 Å². The molecule has 1 heterocycles. The fraction of sp³-hybridized carbons (Fsp3) is 0.706. The van der Waals surface area contributed by atoms with Gasteiger partial charge in [0.15, 0.2) is 0 Å². The molecule has 1 amide bonds. The number of aliphatic hydroxyl groups excluding tert-OH is 2. The van der Waals surface area contributed by atoms with Crippen molar-refractivity contribution in [3.63, 3.8) is 0 Å². The number of benzene rings is 1. The quantitative estimate of drug-likeness (QED) is 0.370. The molecule has 9 heteroatoms. The van der Waals surface area contributed by atoms with E-state index in [2.05, 4.69) is 37.4 Å². The Hall–Kier alpha value is -2.23. The van der Waals surface area contributed by atoms with Crippen LogP contribution in [0.3, 0.4) is 0 Å². The minimum Gasteiger partial charge on any atom is -0.449 e. The average molecular weight is 613 g/mol. The number of hydrogen-bond donors (Lipinski definition) is 3. The molecule has 0 aliphatic heterocycles. The van der Waals surface area contributed by atoms with Crippen molar-refractivity contribution in [1.29, 1.82) is 0 Å². The van der Waals surface area contributed by atoms with Gasteiger partial charge in [-0.25, -0.2) is 17.9 Å². The molecule has 0 radical (unpaired) electrons. The summed E-state index contributed by atoms with van der Waals surface area (Å²) in [5, 5.41) is 23.1. The SMILES string of the molecule is CC[C@@H]1C2C[C@H](O)CCC2(C)C2CC[C@@]3(C)C(CCC3[C@H](C)COC(=O)NS(=O)(=O)c3cnc4ccccc4c3)C2[C@@H]1O. The van der Waals surface area contributed by atoms with Crippen molar-refractivity contribution in [2.45, 2.75) is 96.2 Å². The number of rotatable bonds is 6. The third-order valence-electron chi connectivity index (χ3n) is 12.7. The molecule has 6 unspecified atom stereocenters. The molecular weight excluding hydrogens is 564 g/mol. The van der Waals surface area contributed by atoms with E-state index in [0.717, 1.165) is 51.4 Å². The minimum atomic E-state index is -4.13. The van der Waals surface area contributed by atoms with Gasteiger partial charge in [0.25, 0.3) is 10.0 Å². The molecule has 0 spiro atoms. The number of aromatic nitrogens is 1. The molecule has 4 saturated carbocycles. The summed E-state index contributed by atoms with van der Waals surface area (Å²) >= 11 is 0. The Morgan fingerprint density at radius 1 is 1.07 bits per heavy atom. The Morgan fingerprint density at radius 2 is 1.79 bits per heavy atom. The fourth-order valence-electron chi connectivity index (χ4n) is 10.7. The lowest BCUT2D eigenvalue weighted by molar-refractivity contribution is -0.203. The number of carbonyl (C=O) groups is 1. The van der Waals surface area contributed by atoms with E-state index in [1.165, 1.54) is 12.3 Å². The van der Waals surface area contributed by atoms with E-state index in [0.29, 0.717) is 34.6 Å². The maximum Gasteiger partial charge on any atom is 0.421 e. The highest BCUT2D eigenvalue weighted by molar-refractivity contribution is 7.90. The molecular formula is C34H48N2O6S. The van der Waals surface area contributed by atoms with Crippen LogP contribution < -0.4 is 4.72 Å². The molecule has 43 heavy (non-hydrogen) atoms. The van der Waals surface area contributed by atoms with Crippen LogP contribution in [-0.4, -0.2) is 48.5 Å². The second-order valence-electron chi connectivity index (χ2n) is 14.7. The van der Waals surface area contributed by atoms with Crippen LogP contribution in [0.1, 0.15) is 79.1 Å². The van der Waals surface area contributed by atoms with Gasteiger partial charge in [-0.15, -0.1) is 0 Å². The molecule has 8 nitrogen and oxygen atoms in total. The summed E-state index contributed by atoms with van der Waals surface area (Å²) in [4.78, 5) is 16.8. The molecule has 4 aliphatic carbocycles. The van der Waals surface area contributed by atoms with Crippen molar-refractivity contribution in [3.05, 3.63) is 36.5 Å². The van der Waals surface area contributed by atoms with Crippen molar-refractivity contribution < 1.29 is 28.2 Å². The number of sulfonamides is 1. The number of nitrogens with zero attached hydrogens (tertiary/aromatic N) is 1. The van der Waals surface area contributed by atoms with Crippen molar-refractivity contribution in [2.75, 3.05) is 6.61 Å². The zero-order valence-electron chi connectivity index (χ0n) is 25.9. The number of amides is 1. The summed E-state index contributed by atoms with van der Waals surface area (Å²) < 4.78 is 33.4. The molecule has 1 aromatic heterocycles. The van der Waals surface area contributed by atoms with Gasteiger partial charge in [-0.3, -0.25) is 4.98 Å². The van der Waals surface area contributed by atoms with E-state index in [4.69, 9.17) is 4.74 Å². The predicted octanol–water partition coefficient (Wildman–Crippen LogP) is 5.91. The summed E-state index contributed by atoms with van der Waals surface area (Å²) in [5.74, 6) is 2.08. The smallest absolute Gasteiger partial charge is 0.421 e. The fourth-order valence-corrected chi connectivity index (χ4v) is 11.5. The van der Waals surface area contributed by atoms with Gasteiger partial charge >= 0.3 is 6.09 Å². The van der Waals surface area contributed by atoms with Crippen molar-refractivity contribution in [3.8, 4) is 0 Å². The number of nitrogens with one attached hydrogen (secondary N) is 1. The van der Waals surface area contributed by atoms with Crippen LogP contribution in [0.25, 0.3) is 10.9 Å². The molecule has 4 aliphatic rings. The lowest BCUT2D eigenvalue weighted by atomic mass is 9.41. The average Bonchev–Trinajstić information content (AvgIpc) is 3.33. The van der Waals surface area contributed by atoms with Gasteiger partial charge in [0, 0.05) is 11.6 Å². The van der Waals surface area contributed by atoms with E-state index in [1.807, 2.05) is 6.07 Å². The summed E-state index contributed by atoms with van der Waals surface area (Å²) in [5.41, 5.74) is 0.856. The maximum atomic E-state index is 12.9. The Morgan fingerprint density at radius 3 is 2.56 bits per heavy atom. The number of carbonyl (C=O) groups excluding carboxylic acids is 1. The molecule has 236 valence electrons. The highest BCUT2D eigenvalue weighted by atomic mass is 32.2. The molecule has 1 aromatic carbocycles. The third kappa shape index (κ3) is 5.17.